The topological polar surface area (TPSA) is 62.7 Å². The lowest BCUT2D eigenvalue weighted by atomic mass is 9.96. The Labute approximate surface area is 132 Å². The molecule has 0 amide bonds. The molecule has 2 atom stereocenters. The van der Waals surface area contributed by atoms with E-state index in [0.717, 1.165) is 45.4 Å². The van der Waals surface area contributed by atoms with Crippen molar-refractivity contribution in [1.82, 2.24) is 9.88 Å². The maximum Gasteiger partial charge on any atom is 0.303 e. The molecule has 0 aliphatic carbocycles. The number of carboxylic acid groups (broad SMARTS) is 1. The van der Waals surface area contributed by atoms with Gasteiger partial charge >= 0.3 is 5.97 Å². The first kappa shape index (κ1) is 16.9. The molecule has 1 aliphatic heterocycles. The predicted octanol–water partition coefficient (Wildman–Crippen LogP) is 2.74. The third-order valence-corrected chi connectivity index (χ3v) is 4.31. The van der Waals surface area contributed by atoms with Crippen LogP contribution in [0.5, 0.6) is 0 Å². The van der Waals surface area contributed by atoms with Crippen LogP contribution in [0.15, 0.2) is 24.5 Å². The Morgan fingerprint density at radius 2 is 2.32 bits per heavy atom. The Balaban J connectivity index is 1.69. The van der Waals surface area contributed by atoms with Gasteiger partial charge in [0, 0.05) is 37.4 Å². The standard InChI is InChI=1S/C17H26N2O3/c1-19-10-8-15(17(19)14-6-5-9-18-12-14)13-22-11-4-2-3-7-16(20)21/h5-6,9,12,15,17H,2-4,7-8,10-11,13H2,1H3,(H,20,21)/t15-,17-/m0/s1. The zero-order valence-electron chi connectivity index (χ0n) is 13.3. The Bertz CT molecular complexity index is 452. The number of ether oxygens (including phenoxy) is 1. The third kappa shape index (κ3) is 5.07. The number of carbonyl (C=O) groups is 1. The molecule has 2 heterocycles. The van der Waals surface area contributed by atoms with Crippen molar-refractivity contribution < 1.29 is 14.6 Å². The molecule has 22 heavy (non-hydrogen) atoms. The highest BCUT2D eigenvalue weighted by molar-refractivity contribution is 5.66. The monoisotopic (exact) mass is 306 g/mol. The van der Waals surface area contributed by atoms with Crippen molar-refractivity contribution in [2.24, 2.45) is 5.92 Å². The van der Waals surface area contributed by atoms with Crippen LogP contribution < -0.4 is 0 Å². The summed E-state index contributed by atoms with van der Waals surface area (Å²) in [5, 5.41) is 8.58. The number of rotatable bonds is 9. The van der Waals surface area contributed by atoms with Gasteiger partial charge in [0.05, 0.1) is 6.61 Å². The van der Waals surface area contributed by atoms with Gasteiger partial charge in [-0.1, -0.05) is 12.5 Å². The first-order valence-electron chi connectivity index (χ1n) is 8.08. The third-order valence-electron chi connectivity index (χ3n) is 4.31. The zero-order valence-corrected chi connectivity index (χ0v) is 13.3. The summed E-state index contributed by atoms with van der Waals surface area (Å²) >= 11 is 0. The highest BCUT2D eigenvalue weighted by Crippen LogP contribution is 2.35. The van der Waals surface area contributed by atoms with E-state index < -0.39 is 5.97 Å². The fourth-order valence-corrected chi connectivity index (χ4v) is 3.17. The van der Waals surface area contributed by atoms with Crippen molar-refractivity contribution >= 4 is 5.97 Å². The molecular weight excluding hydrogens is 280 g/mol. The van der Waals surface area contributed by atoms with Crippen LogP contribution in [0.4, 0.5) is 0 Å². The van der Waals surface area contributed by atoms with Gasteiger partial charge in [-0.2, -0.15) is 0 Å². The molecule has 0 saturated carbocycles. The smallest absolute Gasteiger partial charge is 0.303 e. The maximum atomic E-state index is 10.4. The van der Waals surface area contributed by atoms with E-state index in [4.69, 9.17) is 9.84 Å². The normalized spacial score (nSPS) is 22.0. The summed E-state index contributed by atoms with van der Waals surface area (Å²) in [4.78, 5) is 17.0. The molecule has 0 radical (unpaired) electrons. The summed E-state index contributed by atoms with van der Waals surface area (Å²) < 4.78 is 5.83. The summed E-state index contributed by atoms with van der Waals surface area (Å²) in [5.74, 6) is -0.206. The summed E-state index contributed by atoms with van der Waals surface area (Å²) in [6.07, 6.45) is 7.76. The largest absolute Gasteiger partial charge is 0.481 e. The number of nitrogens with zero attached hydrogens (tertiary/aromatic N) is 2. The average Bonchev–Trinajstić information content (AvgIpc) is 2.88. The van der Waals surface area contributed by atoms with Gasteiger partial charge in [-0.15, -0.1) is 0 Å². The number of pyridine rings is 1. The summed E-state index contributed by atoms with van der Waals surface area (Å²) in [7, 11) is 2.16. The molecule has 1 fully saturated rings. The van der Waals surface area contributed by atoms with Gasteiger partial charge in [-0.3, -0.25) is 14.7 Å². The molecule has 0 bridgehead atoms. The van der Waals surface area contributed by atoms with Crippen LogP contribution in [-0.4, -0.2) is 47.8 Å². The minimum atomic E-state index is -0.714. The Morgan fingerprint density at radius 1 is 1.45 bits per heavy atom. The van der Waals surface area contributed by atoms with E-state index in [0.29, 0.717) is 12.0 Å². The van der Waals surface area contributed by atoms with Crippen molar-refractivity contribution in [3.63, 3.8) is 0 Å². The van der Waals surface area contributed by atoms with Gasteiger partial charge in [-0.25, -0.2) is 0 Å². The number of hydrogen-bond acceptors (Lipinski definition) is 4. The SMILES string of the molecule is CN1CC[C@@H](COCCCCCC(=O)O)[C@@H]1c1cccnc1. The minimum Gasteiger partial charge on any atom is -0.481 e. The lowest BCUT2D eigenvalue weighted by Crippen LogP contribution is -2.23. The van der Waals surface area contributed by atoms with E-state index in [1.54, 1.807) is 6.20 Å². The van der Waals surface area contributed by atoms with Crippen LogP contribution in [-0.2, 0) is 9.53 Å². The number of carboxylic acids is 1. The highest BCUT2D eigenvalue weighted by Gasteiger charge is 2.33. The number of hydrogen-bond donors (Lipinski definition) is 1. The number of unbranched alkanes of at least 4 members (excludes halogenated alkanes) is 2. The molecule has 122 valence electrons. The Hall–Kier alpha value is -1.46. The van der Waals surface area contributed by atoms with Crippen LogP contribution in [0.1, 0.15) is 43.7 Å². The molecule has 0 unspecified atom stereocenters. The average molecular weight is 306 g/mol. The second kappa shape index (κ2) is 8.86. The number of aliphatic carboxylic acids is 1. The molecular formula is C17H26N2O3. The Morgan fingerprint density at radius 3 is 3.05 bits per heavy atom. The lowest BCUT2D eigenvalue weighted by molar-refractivity contribution is -0.137. The fraction of sp³-hybridized carbons (Fsp3) is 0.647. The van der Waals surface area contributed by atoms with E-state index in [9.17, 15) is 4.79 Å². The summed E-state index contributed by atoms with van der Waals surface area (Å²) in [6.45, 7) is 2.58. The number of likely N-dealkylation sites (tertiary alicyclic amines) is 1. The van der Waals surface area contributed by atoms with E-state index in [1.807, 2.05) is 12.3 Å². The molecule has 0 aromatic carbocycles. The molecule has 2 rings (SSSR count). The van der Waals surface area contributed by atoms with Crippen molar-refractivity contribution in [3.05, 3.63) is 30.1 Å². The molecule has 1 N–H and O–H groups in total. The highest BCUT2D eigenvalue weighted by atomic mass is 16.5. The second-order valence-electron chi connectivity index (χ2n) is 6.04. The maximum absolute atomic E-state index is 10.4. The van der Waals surface area contributed by atoms with E-state index in [-0.39, 0.29) is 6.42 Å². The first-order valence-corrected chi connectivity index (χ1v) is 8.08. The Kier molecular flexibility index (Phi) is 6.80. The van der Waals surface area contributed by atoms with Gasteiger partial charge in [0.15, 0.2) is 0 Å². The molecule has 0 spiro atoms. The van der Waals surface area contributed by atoms with Gasteiger partial charge in [0.25, 0.3) is 0 Å². The molecule has 1 aromatic heterocycles. The van der Waals surface area contributed by atoms with Crippen molar-refractivity contribution in [2.75, 3.05) is 26.8 Å². The second-order valence-corrected chi connectivity index (χ2v) is 6.04. The van der Waals surface area contributed by atoms with Gasteiger partial charge < -0.3 is 9.84 Å². The van der Waals surface area contributed by atoms with Crippen molar-refractivity contribution in [2.45, 2.75) is 38.1 Å². The van der Waals surface area contributed by atoms with E-state index in [1.165, 1.54) is 5.56 Å². The molecule has 5 heteroatoms. The van der Waals surface area contributed by atoms with E-state index in [2.05, 4.69) is 23.0 Å². The van der Waals surface area contributed by atoms with Gasteiger partial charge in [-0.05, 0) is 44.5 Å². The molecule has 1 aliphatic rings. The quantitative estimate of drug-likeness (QED) is 0.711. The van der Waals surface area contributed by atoms with Crippen LogP contribution in [0.25, 0.3) is 0 Å². The van der Waals surface area contributed by atoms with Crippen LogP contribution in [0.3, 0.4) is 0 Å². The first-order chi connectivity index (χ1) is 10.7. The van der Waals surface area contributed by atoms with Crippen LogP contribution in [0, 0.1) is 5.92 Å². The molecule has 1 saturated heterocycles. The van der Waals surface area contributed by atoms with Crippen molar-refractivity contribution in [1.29, 1.82) is 0 Å². The van der Waals surface area contributed by atoms with Gasteiger partial charge in [0.1, 0.15) is 0 Å². The minimum absolute atomic E-state index is 0.260. The molecule has 5 nitrogen and oxygen atoms in total. The lowest BCUT2D eigenvalue weighted by Gasteiger charge is -2.25. The molecule has 1 aromatic rings. The summed E-state index contributed by atoms with van der Waals surface area (Å²) in [6, 6.07) is 4.51. The summed E-state index contributed by atoms with van der Waals surface area (Å²) in [5.41, 5.74) is 1.26. The van der Waals surface area contributed by atoms with Gasteiger partial charge in [0.2, 0.25) is 0 Å². The predicted molar refractivity (Wildman–Crippen MR) is 84.6 cm³/mol. The van der Waals surface area contributed by atoms with Crippen LogP contribution in [0.2, 0.25) is 0 Å². The van der Waals surface area contributed by atoms with Crippen molar-refractivity contribution in [3.8, 4) is 0 Å². The number of aromatic nitrogens is 1. The van der Waals surface area contributed by atoms with Crippen LogP contribution >= 0.6 is 0 Å². The van der Waals surface area contributed by atoms with E-state index >= 15 is 0 Å². The zero-order chi connectivity index (χ0) is 15.8. The fourth-order valence-electron chi connectivity index (χ4n) is 3.17.